The van der Waals surface area contributed by atoms with Crippen LogP contribution in [0.5, 0.6) is 0 Å². The molecule has 1 rings (SSSR count). The summed E-state index contributed by atoms with van der Waals surface area (Å²) in [5, 5.41) is 1.50. The summed E-state index contributed by atoms with van der Waals surface area (Å²) in [6.07, 6.45) is -5.90. The lowest BCUT2D eigenvalue weighted by Gasteiger charge is -2.18. The number of amides is 1. The van der Waals surface area contributed by atoms with Crippen molar-refractivity contribution in [3.63, 3.8) is 0 Å². The second-order valence-electron chi connectivity index (χ2n) is 2.96. The molecule has 0 aliphatic heterocycles. The summed E-state index contributed by atoms with van der Waals surface area (Å²) in [6.45, 7) is -0.429. The van der Waals surface area contributed by atoms with Gasteiger partial charge in [-0.2, -0.15) is 22.0 Å². The van der Waals surface area contributed by atoms with E-state index in [1.54, 1.807) is 0 Å². The Morgan fingerprint density at radius 3 is 2.29 bits per heavy atom. The molecule has 0 spiro atoms. The van der Waals surface area contributed by atoms with Gasteiger partial charge >= 0.3 is 18.0 Å². The lowest BCUT2D eigenvalue weighted by molar-refractivity contribution is -0.269. The van der Waals surface area contributed by atoms with E-state index in [0.29, 0.717) is 9.21 Å². The zero-order valence-electron chi connectivity index (χ0n) is 7.95. The minimum absolute atomic E-state index is 0.344. The van der Waals surface area contributed by atoms with Crippen molar-refractivity contribution in [1.82, 2.24) is 5.32 Å². The average Bonchev–Trinajstić information content (AvgIpc) is 2.58. The van der Waals surface area contributed by atoms with Gasteiger partial charge < -0.3 is 5.32 Å². The predicted molar refractivity (Wildman–Crippen MR) is 52.2 cm³/mol. The molecule has 0 saturated heterocycles. The number of nitrogens with one attached hydrogen (secondary N) is 1. The second-order valence-corrected chi connectivity index (χ2v) is 4.76. The van der Waals surface area contributed by atoms with Crippen LogP contribution in [0.1, 0.15) is 4.88 Å². The Kier molecular flexibility index (Phi) is 3.98. The summed E-state index contributed by atoms with van der Waals surface area (Å²) in [4.78, 5) is 11.1. The molecule has 0 saturated carbocycles. The van der Waals surface area contributed by atoms with Crippen LogP contribution < -0.4 is 5.32 Å². The number of alkyl halides is 5. The lowest BCUT2D eigenvalue weighted by Crippen LogP contribution is -2.50. The highest BCUT2D eigenvalue weighted by Gasteiger charge is 2.63. The highest BCUT2D eigenvalue weighted by atomic mass is 35.5. The van der Waals surface area contributed by atoms with E-state index in [4.69, 9.17) is 11.6 Å². The standard InChI is InChI=1S/C8H5ClF5NOS/c9-5-2-1-4(17-5)3-15-6(16)7(10,11)8(12,13)14/h1-2H,3H2,(H,15,16). The number of halogens is 6. The van der Waals surface area contributed by atoms with Crippen molar-refractivity contribution in [2.24, 2.45) is 0 Å². The van der Waals surface area contributed by atoms with E-state index < -0.39 is 24.6 Å². The van der Waals surface area contributed by atoms with Crippen LogP contribution in [0.25, 0.3) is 0 Å². The van der Waals surface area contributed by atoms with Gasteiger partial charge in [0.05, 0.1) is 10.9 Å². The summed E-state index contributed by atoms with van der Waals surface area (Å²) in [5.74, 6) is -7.77. The minimum atomic E-state index is -5.90. The molecule has 0 atom stereocenters. The molecular weight excluding hydrogens is 289 g/mol. The summed E-state index contributed by atoms with van der Waals surface area (Å²) < 4.78 is 60.6. The molecule has 0 aliphatic rings. The van der Waals surface area contributed by atoms with Crippen molar-refractivity contribution < 1.29 is 26.7 Å². The largest absolute Gasteiger partial charge is 0.463 e. The van der Waals surface area contributed by atoms with Crippen LogP contribution in [-0.2, 0) is 11.3 Å². The van der Waals surface area contributed by atoms with Gasteiger partial charge in [0.1, 0.15) is 0 Å². The summed E-state index contributed by atoms with van der Waals surface area (Å²) in [6, 6.07) is 2.86. The molecule has 0 unspecified atom stereocenters. The van der Waals surface area contributed by atoms with Gasteiger partial charge in [-0.1, -0.05) is 11.6 Å². The molecule has 0 bridgehead atoms. The predicted octanol–water partition coefficient (Wildman–Crippen LogP) is 3.22. The maximum atomic E-state index is 12.5. The monoisotopic (exact) mass is 293 g/mol. The Hall–Kier alpha value is -0.890. The lowest BCUT2D eigenvalue weighted by atomic mass is 10.3. The van der Waals surface area contributed by atoms with Gasteiger partial charge in [-0.15, -0.1) is 11.3 Å². The zero-order chi connectivity index (χ0) is 13.3. The van der Waals surface area contributed by atoms with Crippen molar-refractivity contribution in [3.05, 3.63) is 21.3 Å². The third-order valence-corrected chi connectivity index (χ3v) is 2.92. The zero-order valence-corrected chi connectivity index (χ0v) is 9.52. The maximum absolute atomic E-state index is 12.5. The molecule has 2 nitrogen and oxygen atoms in total. The number of carbonyl (C=O) groups excluding carboxylic acids is 1. The maximum Gasteiger partial charge on any atom is 0.463 e. The van der Waals surface area contributed by atoms with Gasteiger partial charge in [0.2, 0.25) is 0 Å². The van der Waals surface area contributed by atoms with E-state index in [1.807, 2.05) is 0 Å². The van der Waals surface area contributed by atoms with Crippen molar-refractivity contribution in [3.8, 4) is 0 Å². The van der Waals surface area contributed by atoms with Gasteiger partial charge in [0, 0.05) is 4.88 Å². The van der Waals surface area contributed by atoms with Crippen LogP contribution in [0.3, 0.4) is 0 Å². The summed E-state index contributed by atoms with van der Waals surface area (Å²) in [5.41, 5.74) is 0. The number of hydrogen-bond acceptors (Lipinski definition) is 2. The highest BCUT2D eigenvalue weighted by Crippen LogP contribution is 2.35. The van der Waals surface area contributed by atoms with Crippen LogP contribution in [0.4, 0.5) is 22.0 Å². The smallest absolute Gasteiger partial charge is 0.346 e. The number of thiophene rings is 1. The fourth-order valence-electron chi connectivity index (χ4n) is 0.854. The SMILES string of the molecule is O=C(NCc1ccc(Cl)s1)C(F)(F)C(F)(F)F. The first-order valence-corrected chi connectivity index (χ1v) is 5.31. The van der Waals surface area contributed by atoms with Gasteiger partial charge in [-0.05, 0) is 12.1 Å². The average molecular weight is 294 g/mol. The van der Waals surface area contributed by atoms with E-state index in [2.05, 4.69) is 0 Å². The second kappa shape index (κ2) is 4.77. The molecule has 0 aromatic carbocycles. The molecule has 0 radical (unpaired) electrons. The van der Waals surface area contributed by atoms with Crippen LogP contribution in [0, 0.1) is 0 Å². The first-order valence-electron chi connectivity index (χ1n) is 4.11. The molecule has 1 heterocycles. The van der Waals surface area contributed by atoms with E-state index in [1.165, 1.54) is 17.4 Å². The molecule has 1 N–H and O–H groups in total. The highest BCUT2D eigenvalue weighted by molar-refractivity contribution is 7.16. The Balaban J connectivity index is 2.61. The van der Waals surface area contributed by atoms with Crippen molar-refractivity contribution in [1.29, 1.82) is 0 Å². The molecule has 1 aromatic rings. The minimum Gasteiger partial charge on any atom is -0.346 e. The van der Waals surface area contributed by atoms with Crippen LogP contribution in [0.2, 0.25) is 4.34 Å². The van der Waals surface area contributed by atoms with Crippen LogP contribution in [0.15, 0.2) is 12.1 Å². The number of rotatable bonds is 3. The summed E-state index contributed by atoms with van der Waals surface area (Å²) >= 11 is 6.49. The molecule has 9 heteroatoms. The van der Waals surface area contributed by atoms with Crippen LogP contribution in [-0.4, -0.2) is 18.0 Å². The van der Waals surface area contributed by atoms with E-state index in [9.17, 15) is 26.7 Å². The quantitative estimate of drug-likeness (QED) is 0.852. The first-order chi connectivity index (χ1) is 7.64. The Morgan fingerprint density at radius 2 is 1.88 bits per heavy atom. The number of carbonyl (C=O) groups is 1. The molecule has 1 aromatic heterocycles. The van der Waals surface area contributed by atoms with Gasteiger partial charge in [0.15, 0.2) is 0 Å². The van der Waals surface area contributed by atoms with Crippen molar-refractivity contribution in [2.45, 2.75) is 18.6 Å². The molecule has 17 heavy (non-hydrogen) atoms. The molecule has 0 aliphatic carbocycles. The summed E-state index contributed by atoms with van der Waals surface area (Å²) in [7, 11) is 0. The van der Waals surface area contributed by atoms with Crippen LogP contribution >= 0.6 is 22.9 Å². The van der Waals surface area contributed by atoms with Gasteiger partial charge in [0.25, 0.3) is 0 Å². The molecule has 96 valence electrons. The normalized spacial score (nSPS) is 12.6. The fourth-order valence-corrected chi connectivity index (χ4v) is 1.88. The third kappa shape index (κ3) is 3.29. The van der Waals surface area contributed by atoms with Crippen molar-refractivity contribution >= 4 is 28.8 Å². The van der Waals surface area contributed by atoms with Gasteiger partial charge in [-0.25, -0.2) is 0 Å². The third-order valence-electron chi connectivity index (χ3n) is 1.69. The van der Waals surface area contributed by atoms with Crippen molar-refractivity contribution in [2.75, 3.05) is 0 Å². The Labute approximate surface area is 101 Å². The topological polar surface area (TPSA) is 29.1 Å². The Bertz CT molecular complexity index is 416. The van der Waals surface area contributed by atoms with E-state index in [-0.39, 0.29) is 0 Å². The Morgan fingerprint density at radius 1 is 1.29 bits per heavy atom. The van der Waals surface area contributed by atoms with Gasteiger partial charge in [-0.3, -0.25) is 4.79 Å². The number of hydrogen-bond donors (Lipinski definition) is 1. The molecule has 1 amide bonds. The molecular formula is C8H5ClF5NOS. The van der Waals surface area contributed by atoms with E-state index in [0.717, 1.165) is 11.3 Å². The fraction of sp³-hybridized carbons (Fsp3) is 0.375. The first kappa shape index (κ1) is 14.2. The molecule has 0 fully saturated rings. The van der Waals surface area contributed by atoms with E-state index >= 15 is 0 Å².